The summed E-state index contributed by atoms with van der Waals surface area (Å²) in [5.74, 6) is -0.555. The van der Waals surface area contributed by atoms with Gasteiger partial charge in [0.15, 0.2) is 0 Å². The molecular formula is C18H19N3O5S. The zero-order chi connectivity index (χ0) is 19.4. The number of sulfonamides is 1. The minimum atomic E-state index is -3.63. The fraction of sp³-hybridized carbons (Fsp3) is 0.222. The maximum Gasteiger partial charge on any atom is 0.325 e. The van der Waals surface area contributed by atoms with Crippen LogP contribution in [0.5, 0.6) is 0 Å². The molecule has 0 fully saturated rings. The van der Waals surface area contributed by atoms with Crippen LogP contribution < -0.4 is 14.9 Å². The number of hydrogen-bond acceptors (Lipinski definition) is 5. The third-order valence-corrected chi connectivity index (χ3v) is 5.97. The van der Waals surface area contributed by atoms with Crippen molar-refractivity contribution in [1.82, 2.24) is 5.32 Å². The first kappa shape index (κ1) is 18.7. The molecule has 2 aromatic rings. The van der Waals surface area contributed by atoms with Gasteiger partial charge in [0.05, 0.1) is 17.7 Å². The zero-order valence-corrected chi connectivity index (χ0v) is 15.5. The van der Waals surface area contributed by atoms with E-state index in [0.29, 0.717) is 24.3 Å². The van der Waals surface area contributed by atoms with Crippen molar-refractivity contribution in [3.8, 4) is 0 Å². The van der Waals surface area contributed by atoms with E-state index in [1.54, 1.807) is 48.5 Å². The molecule has 2 amide bonds. The molecule has 1 aliphatic rings. The predicted molar refractivity (Wildman–Crippen MR) is 100 cm³/mol. The van der Waals surface area contributed by atoms with E-state index in [4.69, 9.17) is 0 Å². The first-order chi connectivity index (χ1) is 12.9. The molecule has 0 saturated carbocycles. The van der Waals surface area contributed by atoms with Crippen molar-refractivity contribution in [3.63, 3.8) is 0 Å². The molecule has 0 saturated heterocycles. The van der Waals surface area contributed by atoms with Crippen molar-refractivity contribution >= 4 is 33.4 Å². The number of carbonyl (C=O) groups excluding carboxylic acids is 2. The Balaban J connectivity index is 1.74. The van der Waals surface area contributed by atoms with Crippen molar-refractivity contribution in [2.75, 3.05) is 29.8 Å². The lowest BCUT2D eigenvalue weighted by Gasteiger charge is -2.19. The molecule has 8 nitrogen and oxygen atoms in total. The number of carbonyl (C=O) groups is 2. The Morgan fingerprint density at radius 3 is 2.59 bits per heavy atom. The molecule has 1 aliphatic heterocycles. The standard InChI is InChI=1S/C18H19N3O5S/c1-26-17(22)12-19-18(23)20-14-7-8-16-13(11-14)9-10-21(16)27(24,25)15-5-3-2-4-6-15/h2-8,11H,9-10,12H2,1H3,(H2,19,20,23). The van der Waals surface area contributed by atoms with Gasteiger partial charge in [0.1, 0.15) is 6.54 Å². The zero-order valence-electron chi connectivity index (χ0n) is 14.6. The maximum atomic E-state index is 12.8. The molecule has 0 bridgehead atoms. The van der Waals surface area contributed by atoms with E-state index in [0.717, 1.165) is 5.56 Å². The van der Waals surface area contributed by atoms with E-state index in [1.807, 2.05) is 0 Å². The van der Waals surface area contributed by atoms with E-state index in [1.165, 1.54) is 11.4 Å². The Hall–Kier alpha value is -3.07. The van der Waals surface area contributed by atoms with Crippen LogP contribution in [0.3, 0.4) is 0 Å². The summed E-state index contributed by atoms with van der Waals surface area (Å²) < 4.78 is 31.5. The number of amides is 2. The Morgan fingerprint density at radius 2 is 1.89 bits per heavy atom. The molecule has 142 valence electrons. The fourth-order valence-electron chi connectivity index (χ4n) is 2.82. The van der Waals surface area contributed by atoms with Crippen molar-refractivity contribution in [3.05, 3.63) is 54.1 Å². The van der Waals surface area contributed by atoms with Gasteiger partial charge >= 0.3 is 12.0 Å². The van der Waals surface area contributed by atoms with Crippen LogP contribution >= 0.6 is 0 Å². The highest BCUT2D eigenvalue weighted by Gasteiger charge is 2.30. The molecule has 0 spiro atoms. The highest BCUT2D eigenvalue weighted by Crippen LogP contribution is 2.34. The van der Waals surface area contributed by atoms with Gasteiger partial charge in [-0.2, -0.15) is 0 Å². The van der Waals surface area contributed by atoms with Crippen LogP contribution in [0.25, 0.3) is 0 Å². The van der Waals surface area contributed by atoms with E-state index < -0.39 is 22.0 Å². The van der Waals surface area contributed by atoms with Crippen LogP contribution in [0.15, 0.2) is 53.4 Å². The van der Waals surface area contributed by atoms with Gasteiger partial charge in [-0.1, -0.05) is 18.2 Å². The van der Waals surface area contributed by atoms with Crippen molar-refractivity contribution in [2.45, 2.75) is 11.3 Å². The van der Waals surface area contributed by atoms with Crippen molar-refractivity contribution in [1.29, 1.82) is 0 Å². The molecule has 0 aliphatic carbocycles. The summed E-state index contributed by atoms with van der Waals surface area (Å²) in [5, 5.41) is 4.98. The number of anilines is 2. The molecular weight excluding hydrogens is 370 g/mol. The number of nitrogens with zero attached hydrogens (tertiary/aromatic N) is 1. The number of benzene rings is 2. The Kier molecular flexibility index (Phi) is 5.31. The third-order valence-electron chi connectivity index (χ3n) is 4.14. The monoisotopic (exact) mass is 389 g/mol. The van der Waals surface area contributed by atoms with Gasteiger partial charge in [-0.25, -0.2) is 13.2 Å². The third kappa shape index (κ3) is 4.03. The number of esters is 1. The summed E-state index contributed by atoms with van der Waals surface area (Å²) in [4.78, 5) is 23.1. The summed E-state index contributed by atoms with van der Waals surface area (Å²) in [7, 11) is -2.39. The molecule has 2 aromatic carbocycles. The Labute approximate surface area is 157 Å². The van der Waals surface area contributed by atoms with Gasteiger partial charge in [-0.3, -0.25) is 9.10 Å². The Bertz CT molecular complexity index is 960. The van der Waals surface area contributed by atoms with Gasteiger partial charge in [-0.15, -0.1) is 0 Å². The van der Waals surface area contributed by atoms with E-state index >= 15 is 0 Å². The molecule has 0 unspecified atom stereocenters. The Morgan fingerprint density at radius 1 is 1.15 bits per heavy atom. The van der Waals surface area contributed by atoms with Crippen LogP contribution in [0, 0.1) is 0 Å². The number of urea groups is 1. The van der Waals surface area contributed by atoms with Crippen LogP contribution in [0.4, 0.5) is 16.2 Å². The molecule has 0 radical (unpaired) electrons. The predicted octanol–water partition coefficient (Wildman–Crippen LogP) is 1.73. The van der Waals surface area contributed by atoms with Gasteiger partial charge in [0.25, 0.3) is 10.0 Å². The molecule has 9 heteroatoms. The smallest absolute Gasteiger partial charge is 0.325 e. The first-order valence-electron chi connectivity index (χ1n) is 8.24. The lowest BCUT2D eigenvalue weighted by Crippen LogP contribution is -2.33. The van der Waals surface area contributed by atoms with Gasteiger partial charge < -0.3 is 15.4 Å². The largest absolute Gasteiger partial charge is 0.468 e. The van der Waals surface area contributed by atoms with Crippen LogP contribution in [0.2, 0.25) is 0 Å². The average Bonchev–Trinajstić information content (AvgIpc) is 3.10. The number of rotatable bonds is 5. The topological polar surface area (TPSA) is 105 Å². The summed E-state index contributed by atoms with van der Waals surface area (Å²) in [6, 6.07) is 12.7. The number of ether oxygens (including phenoxy) is 1. The second-order valence-electron chi connectivity index (χ2n) is 5.87. The lowest BCUT2D eigenvalue weighted by atomic mass is 10.1. The first-order valence-corrected chi connectivity index (χ1v) is 9.68. The van der Waals surface area contributed by atoms with Crippen molar-refractivity contribution in [2.24, 2.45) is 0 Å². The normalized spacial score (nSPS) is 13.0. The van der Waals surface area contributed by atoms with Gasteiger partial charge in [0, 0.05) is 12.2 Å². The molecule has 0 aromatic heterocycles. The number of methoxy groups -OCH3 is 1. The van der Waals surface area contributed by atoms with Gasteiger partial charge in [0.2, 0.25) is 0 Å². The average molecular weight is 389 g/mol. The number of nitrogens with one attached hydrogen (secondary N) is 2. The summed E-state index contributed by atoms with van der Waals surface area (Å²) in [6.07, 6.45) is 0.542. The quantitative estimate of drug-likeness (QED) is 0.758. The highest BCUT2D eigenvalue weighted by molar-refractivity contribution is 7.92. The second-order valence-corrected chi connectivity index (χ2v) is 7.73. The molecule has 27 heavy (non-hydrogen) atoms. The van der Waals surface area contributed by atoms with E-state index in [2.05, 4.69) is 15.4 Å². The fourth-order valence-corrected chi connectivity index (χ4v) is 4.34. The van der Waals surface area contributed by atoms with Crippen LogP contribution in [-0.4, -0.2) is 40.6 Å². The maximum absolute atomic E-state index is 12.8. The molecule has 0 atom stereocenters. The minimum absolute atomic E-state index is 0.238. The summed E-state index contributed by atoms with van der Waals surface area (Å²) in [6.45, 7) is 0.0981. The number of hydrogen-bond donors (Lipinski definition) is 2. The van der Waals surface area contributed by atoms with E-state index in [-0.39, 0.29) is 11.4 Å². The van der Waals surface area contributed by atoms with Crippen LogP contribution in [-0.2, 0) is 26.0 Å². The van der Waals surface area contributed by atoms with E-state index in [9.17, 15) is 18.0 Å². The highest BCUT2D eigenvalue weighted by atomic mass is 32.2. The molecule has 1 heterocycles. The lowest BCUT2D eigenvalue weighted by molar-refractivity contribution is -0.139. The molecule has 2 N–H and O–H groups in total. The summed E-state index contributed by atoms with van der Waals surface area (Å²) in [5.41, 5.74) is 1.93. The van der Waals surface area contributed by atoms with Gasteiger partial charge in [-0.05, 0) is 42.3 Å². The minimum Gasteiger partial charge on any atom is -0.468 e. The van der Waals surface area contributed by atoms with Crippen LogP contribution in [0.1, 0.15) is 5.56 Å². The van der Waals surface area contributed by atoms with Crippen molar-refractivity contribution < 1.29 is 22.7 Å². The second kappa shape index (κ2) is 7.67. The summed E-state index contributed by atoms with van der Waals surface area (Å²) >= 11 is 0. The number of fused-ring (bicyclic) bond motifs is 1. The SMILES string of the molecule is COC(=O)CNC(=O)Nc1ccc2c(c1)CCN2S(=O)(=O)c1ccccc1. The molecule has 3 rings (SSSR count).